The van der Waals surface area contributed by atoms with Gasteiger partial charge in [-0.1, -0.05) is 39.8 Å². The lowest BCUT2D eigenvalue weighted by Gasteiger charge is -2.25. The number of sulfone groups is 1. The van der Waals surface area contributed by atoms with Gasteiger partial charge >= 0.3 is 0 Å². The molecule has 3 rings (SSSR count). The van der Waals surface area contributed by atoms with Gasteiger partial charge in [-0.05, 0) is 23.8 Å². The molecule has 0 aliphatic rings. The Labute approximate surface area is 189 Å². The zero-order chi connectivity index (χ0) is 22.4. The van der Waals surface area contributed by atoms with Crippen LogP contribution in [0.2, 0.25) is 5.02 Å². The average molecular weight is 430 g/mol. The van der Waals surface area contributed by atoms with E-state index in [4.69, 9.17) is 16.6 Å². The molecule has 3 aromatic rings. The van der Waals surface area contributed by atoms with Gasteiger partial charge in [-0.25, -0.2) is 8.42 Å². The maximum Gasteiger partial charge on any atom is 0.175 e. The monoisotopic (exact) mass is 430 g/mol. The predicted octanol–water partition coefficient (Wildman–Crippen LogP) is -4.35. The molecule has 0 spiro atoms. The molecule has 4 nitrogen and oxygen atoms in total. The molecule has 0 aliphatic carbocycles. The van der Waals surface area contributed by atoms with Crippen molar-refractivity contribution < 1.29 is 8.42 Å². The van der Waals surface area contributed by atoms with Crippen LogP contribution in [0.4, 0.5) is 0 Å². The smallest absolute Gasteiger partial charge is 0.175 e. The molecule has 0 saturated heterocycles. The first kappa shape index (κ1) is 22.8. The fourth-order valence-corrected chi connectivity index (χ4v) is 4.55. The number of hydrogen-bond donors (Lipinski definition) is 0. The maximum absolute atomic E-state index is 11.8. The Morgan fingerprint density at radius 3 is 2.13 bits per heavy atom. The molecular formula is C18H21B6ClN2O2S. The Morgan fingerprint density at radius 1 is 1.00 bits per heavy atom. The van der Waals surface area contributed by atoms with Gasteiger partial charge in [0, 0.05) is 34.9 Å². The highest BCUT2D eigenvalue weighted by molar-refractivity contribution is 7.90. The molecule has 0 unspecified atom stereocenters. The Hall–Kier alpha value is -1.85. The minimum Gasteiger partial charge on any atom is -0.270 e. The summed E-state index contributed by atoms with van der Waals surface area (Å²) in [7, 11) is 9.43. The molecule has 2 heterocycles. The van der Waals surface area contributed by atoms with Crippen LogP contribution in [0.5, 0.6) is 0 Å². The molecule has 0 aliphatic heterocycles. The van der Waals surface area contributed by atoms with E-state index >= 15 is 0 Å². The Morgan fingerprint density at radius 2 is 1.60 bits per heavy atom. The van der Waals surface area contributed by atoms with E-state index in [2.05, 4.69) is 44.2 Å². The van der Waals surface area contributed by atoms with E-state index in [0.29, 0.717) is 5.02 Å². The second-order valence-electron chi connectivity index (χ2n) is 8.77. The normalized spacial score (nSPS) is 12.1. The Balaban J connectivity index is 2.26. The second kappa shape index (κ2) is 8.01. The summed E-state index contributed by atoms with van der Waals surface area (Å²) in [6.07, 6.45) is 2.84. The molecule has 30 heavy (non-hydrogen) atoms. The van der Waals surface area contributed by atoms with Crippen LogP contribution in [-0.2, 0) is 15.0 Å². The van der Waals surface area contributed by atoms with Crippen LogP contribution in [0.3, 0.4) is 0 Å². The molecule has 146 valence electrons. The summed E-state index contributed by atoms with van der Waals surface area (Å²) in [6.45, 7) is 0. The molecule has 0 atom stereocenters. The van der Waals surface area contributed by atoms with Crippen molar-refractivity contribution in [1.29, 1.82) is 0 Å². The van der Waals surface area contributed by atoms with E-state index in [1.54, 1.807) is 30.5 Å². The molecule has 0 amide bonds. The lowest BCUT2D eigenvalue weighted by atomic mass is 9.40. The molecular weight excluding hydrogens is 409 g/mol. The number of benzene rings is 1. The highest BCUT2D eigenvalue weighted by Gasteiger charge is 2.23. The van der Waals surface area contributed by atoms with Gasteiger partial charge < -0.3 is 0 Å². The highest BCUT2D eigenvalue weighted by Crippen LogP contribution is 2.31. The van der Waals surface area contributed by atoms with Crippen molar-refractivity contribution >= 4 is 85.0 Å². The van der Waals surface area contributed by atoms with Crippen molar-refractivity contribution in [2.24, 2.45) is 0 Å². The summed E-state index contributed by atoms with van der Waals surface area (Å²) >= 11 is 6.28. The minimum absolute atomic E-state index is 0.0597. The first-order valence-corrected chi connectivity index (χ1v) is 12.0. The lowest BCUT2D eigenvalue weighted by Crippen LogP contribution is -2.46. The van der Waals surface area contributed by atoms with Crippen LogP contribution < -0.4 is 16.5 Å². The molecule has 0 N–H and O–H groups in total. The molecule has 0 bridgehead atoms. The van der Waals surface area contributed by atoms with Gasteiger partial charge in [0.05, 0.1) is 39.2 Å². The van der Waals surface area contributed by atoms with Gasteiger partial charge in [-0.2, -0.15) is 0 Å². The first-order valence-electron chi connectivity index (χ1n) is 9.75. The summed E-state index contributed by atoms with van der Waals surface area (Å²) in [5.74, 6) is 0. The third-order valence-electron chi connectivity index (χ3n) is 5.33. The van der Waals surface area contributed by atoms with Crippen molar-refractivity contribution in [3.63, 3.8) is 0 Å². The van der Waals surface area contributed by atoms with Crippen molar-refractivity contribution in [3.05, 3.63) is 47.2 Å². The molecule has 2 aromatic heterocycles. The van der Waals surface area contributed by atoms with Crippen molar-refractivity contribution in [1.82, 2.24) is 9.97 Å². The summed E-state index contributed by atoms with van der Waals surface area (Å²) in [5.41, 5.74) is 7.75. The lowest BCUT2D eigenvalue weighted by molar-refractivity contribution is 0.602. The number of nitrogens with zero attached hydrogens (tertiary/aromatic N) is 2. The van der Waals surface area contributed by atoms with Gasteiger partial charge in [0.2, 0.25) is 0 Å². The molecule has 0 fully saturated rings. The first-order chi connectivity index (χ1) is 13.8. The average Bonchev–Trinajstić information content (AvgIpc) is 2.64. The van der Waals surface area contributed by atoms with Crippen LogP contribution in [0, 0.1) is 0 Å². The SMILES string of the molecule is Bc1nc(C(B)(B)B)c(B)c(B)c1-c1ncc(Cl)cc1-c1ccc(S(C)(=O)=O)cc1. The van der Waals surface area contributed by atoms with Crippen LogP contribution in [0.1, 0.15) is 5.69 Å². The fourth-order valence-electron chi connectivity index (χ4n) is 3.76. The summed E-state index contributed by atoms with van der Waals surface area (Å²) in [5, 5.41) is 0.461. The van der Waals surface area contributed by atoms with E-state index in [-0.39, 0.29) is 10.0 Å². The van der Waals surface area contributed by atoms with Gasteiger partial charge in [0.1, 0.15) is 15.7 Å². The molecule has 1 aromatic carbocycles. The number of halogens is 1. The largest absolute Gasteiger partial charge is 0.270 e. The zero-order valence-corrected chi connectivity index (χ0v) is 20.0. The minimum atomic E-state index is -3.26. The Kier molecular flexibility index (Phi) is 6.09. The predicted molar refractivity (Wildman–Crippen MR) is 143 cm³/mol. The quantitative estimate of drug-likeness (QED) is 0.394. The van der Waals surface area contributed by atoms with E-state index in [0.717, 1.165) is 44.6 Å². The summed E-state index contributed by atoms with van der Waals surface area (Å²) in [6, 6.07) is 8.68. The van der Waals surface area contributed by atoms with Crippen molar-refractivity contribution in [2.45, 2.75) is 10.0 Å². The van der Waals surface area contributed by atoms with Gasteiger partial charge in [-0.15, -0.1) is 0 Å². The van der Waals surface area contributed by atoms with E-state index < -0.39 is 9.84 Å². The van der Waals surface area contributed by atoms with Gasteiger partial charge in [0.25, 0.3) is 0 Å². The maximum atomic E-state index is 11.8. The summed E-state index contributed by atoms with van der Waals surface area (Å²) < 4.78 is 23.6. The van der Waals surface area contributed by atoms with Crippen molar-refractivity contribution in [3.8, 4) is 22.4 Å². The van der Waals surface area contributed by atoms with Crippen LogP contribution >= 0.6 is 11.6 Å². The molecule has 0 radical (unpaired) electrons. The fraction of sp³-hybridized carbons (Fsp3) is 0.111. The third-order valence-corrected chi connectivity index (χ3v) is 6.66. The van der Waals surface area contributed by atoms with Crippen LogP contribution in [0.25, 0.3) is 22.4 Å². The molecule has 12 heteroatoms. The topological polar surface area (TPSA) is 59.9 Å². The number of pyridine rings is 2. The van der Waals surface area contributed by atoms with Gasteiger partial charge in [0.15, 0.2) is 17.7 Å². The zero-order valence-electron chi connectivity index (χ0n) is 18.5. The van der Waals surface area contributed by atoms with Crippen LogP contribution in [-0.4, -0.2) is 71.7 Å². The number of hydrogen-bond acceptors (Lipinski definition) is 4. The Bertz CT molecular complexity index is 1250. The van der Waals surface area contributed by atoms with Crippen molar-refractivity contribution in [2.75, 3.05) is 6.26 Å². The van der Waals surface area contributed by atoms with Crippen LogP contribution in [0.15, 0.2) is 41.4 Å². The standard InChI is InChI=1S/C18H21B6ClN2O2S/c1-30(28,29)10-4-2-8(3-5-10)11-6-9(25)7-26-15(11)12-13(19)14(20)16(18(22,23)24)27-17(12)21/h2-7H,19-24H2,1H3. The second-order valence-corrected chi connectivity index (χ2v) is 11.2. The summed E-state index contributed by atoms with van der Waals surface area (Å²) in [4.78, 5) is 9.87. The number of rotatable bonds is 4. The highest BCUT2D eigenvalue weighted by atomic mass is 35.5. The third kappa shape index (κ3) is 4.42. The van der Waals surface area contributed by atoms with E-state index in [1.165, 1.54) is 6.26 Å². The van der Waals surface area contributed by atoms with Gasteiger partial charge in [-0.3, -0.25) is 9.97 Å². The molecule has 0 saturated carbocycles. The van der Waals surface area contributed by atoms with E-state index in [9.17, 15) is 8.42 Å². The van der Waals surface area contributed by atoms with E-state index in [1.807, 2.05) is 13.9 Å². The number of aromatic nitrogens is 2.